The lowest BCUT2D eigenvalue weighted by Crippen LogP contribution is -2.43. The molecule has 0 bridgehead atoms. The highest BCUT2D eigenvalue weighted by Crippen LogP contribution is 2.23. The van der Waals surface area contributed by atoms with Crippen LogP contribution in [0.25, 0.3) is 0 Å². The van der Waals surface area contributed by atoms with Crippen molar-refractivity contribution in [3.63, 3.8) is 0 Å². The molecule has 0 spiro atoms. The first kappa shape index (κ1) is 23.2. The third kappa shape index (κ3) is 5.49. The zero-order chi connectivity index (χ0) is 24.1. The van der Waals surface area contributed by atoms with Crippen LogP contribution < -0.4 is 10.6 Å². The molecule has 1 saturated heterocycles. The molecule has 1 heterocycles. The average molecular weight is 460 g/mol. The van der Waals surface area contributed by atoms with E-state index in [2.05, 4.69) is 10.6 Å². The fourth-order valence-electron chi connectivity index (χ4n) is 4.10. The SMILES string of the molecule is Cc1cccc(NC(=O)c2ccccc2NC(=O)C2CCCN(C(=O)c3ccc(F)cc3)C2)c1. The van der Waals surface area contributed by atoms with Crippen molar-refractivity contribution in [2.75, 3.05) is 23.7 Å². The summed E-state index contributed by atoms with van der Waals surface area (Å²) in [5, 5.41) is 5.74. The number of hydrogen-bond donors (Lipinski definition) is 2. The van der Waals surface area contributed by atoms with Crippen molar-refractivity contribution in [1.29, 1.82) is 0 Å². The Balaban J connectivity index is 1.44. The first-order valence-corrected chi connectivity index (χ1v) is 11.2. The summed E-state index contributed by atoms with van der Waals surface area (Å²) in [6.07, 6.45) is 1.32. The van der Waals surface area contributed by atoms with Gasteiger partial charge >= 0.3 is 0 Å². The van der Waals surface area contributed by atoms with Gasteiger partial charge in [0.1, 0.15) is 5.82 Å². The van der Waals surface area contributed by atoms with Crippen LogP contribution in [-0.2, 0) is 4.79 Å². The van der Waals surface area contributed by atoms with Crippen LogP contribution in [-0.4, -0.2) is 35.7 Å². The van der Waals surface area contributed by atoms with Crippen molar-refractivity contribution in [3.8, 4) is 0 Å². The Labute approximate surface area is 197 Å². The number of piperidine rings is 1. The lowest BCUT2D eigenvalue weighted by molar-refractivity contribution is -0.121. The number of nitrogens with one attached hydrogen (secondary N) is 2. The highest BCUT2D eigenvalue weighted by molar-refractivity contribution is 6.10. The van der Waals surface area contributed by atoms with E-state index in [9.17, 15) is 18.8 Å². The maximum atomic E-state index is 13.2. The molecule has 1 atom stereocenters. The number of carbonyl (C=O) groups is 3. The quantitative estimate of drug-likeness (QED) is 0.571. The van der Waals surface area contributed by atoms with Gasteiger partial charge in [0.05, 0.1) is 17.2 Å². The van der Waals surface area contributed by atoms with E-state index in [-0.39, 0.29) is 24.3 Å². The van der Waals surface area contributed by atoms with Crippen molar-refractivity contribution in [1.82, 2.24) is 4.90 Å². The third-order valence-corrected chi connectivity index (χ3v) is 5.88. The molecule has 0 aromatic heterocycles. The Hall–Kier alpha value is -4.00. The Morgan fingerprint density at radius 2 is 1.71 bits per heavy atom. The van der Waals surface area contributed by atoms with Gasteiger partial charge in [0.2, 0.25) is 5.91 Å². The van der Waals surface area contributed by atoms with Gasteiger partial charge in [-0.05, 0) is 73.9 Å². The van der Waals surface area contributed by atoms with Gasteiger partial charge < -0.3 is 15.5 Å². The number of para-hydroxylation sites is 1. The maximum absolute atomic E-state index is 13.2. The van der Waals surface area contributed by atoms with Crippen LogP contribution in [0.1, 0.15) is 39.1 Å². The topological polar surface area (TPSA) is 78.5 Å². The molecule has 34 heavy (non-hydrogen) atoms. The van der Waals surface area contributed by atoms with Crippen LogP contribution in [0, 0.1) is 18.7 Å². The maximum Gasteiger partial charge on any atom is 0.257 e. The summed E-state index contributed by atoms with van der Waals surface area (Å²) in [5.41, 5.74) is 2.86. The number of halogens is 1. The molecule has 1 aliphatic heterocycles. The number of nitrogens with zero attached hydrogens (tertiary/aromatic N) is 1. The lowest BCUT2D eigenvalue weighted by Gasteiger charge is -2.32. The summed E-state index contributed by atoms with van der Waals surface area (Å²) < 4.78 is 13.2. The zero-order valence-corrected chi connectivity index (χ0v) is 18.9. The summed E-state index contributed by atoms with van der Waals surface area (Å²) in [5.74, 6) is -1.61. The summed E-state index contributed by atoms with van der Waals surface area (Å²) in [6.45, 7) is 2.74. The van der Waals surface area contributed by atoms with Crippen LogP contribution in [0.3, 0.4) is 0 Å². The Kier molecular flexibility index (Phi) is 7.01. The molecule has 2 N–H and O–H groups in total. The van der Waals surface area contributed by atoms with E-state index in [1.54, 1.807) is 35.2 Å². The normalized spacial score (nSPS) is 15.5. The van der Waals surface area contributed by atoms with Crippen LogP contribution in [0.5, 0.6) is 0 Å². The smallest absolute Gasteiger partial charge is 0.257 e. The molecule has 0 saturated carbocycles. The highest BCUT2D eigenvalue weighted by atomic mass is 19.1. The van der Waals surface area contributed by atoms with E-state index in [4.69, 9.17) is 0 Å². The fourth-order valence-corrected chi connectivity index (χ4v) is 4.10. The van der Waals surface area contributed by atoms with E-state index in [0.717, 1.165) is 5.56 Å². The summed E-state index contributed by atoms with van der Waals surface area (Å²) in [7, 11) is 0. The Morgan fingerprint density at radius 3 is 2.47 bits per heavy atom. The number of carbonyl (C=O) groups excluding carboxylic acids is 3. The summed E-state index contributed by atoms with van der Waals surface area (Å²) in [6, 6.07) is 19.7. The summed E-state index contributed by atoms with van der Waals surface area (Å²) >= 11 is 0. The minimum absolute atomic E-state index is 0.226. The van der Waals surface area contributed by atoms with Crippen molar-refractivity contribution < 1.29 is 18.8 Å². The highest BCUT2D eigenvalue weighted by Gasteiger charge is 2.29. The third-order valence-electron chi connectivity index (χ3n) is 5.88. The number of benzene rings is 3. The molecular weight excluding hydrogens is 433 g/mol. The number of anilines is 2. The van der Waals surface area contributed by atoms with Gasteiger partial charge in [-0.25, -0.2) is 4.39 Å². The number of rotatable bonds is 5. The summed E-state index contributed by atoms with van der Waals surface area (Å²) in [4.78, 5) is 40.4. The first-order chi connectivity index (χ1) is 16.4. The van der Waals surface area contributed by atoms with Gasteiger partial charge in [-0.2, -0.15) is 0 Å². The van der Waals surface area contributed by atoms with Crippen LogP contribution >= 0.6 is 0 Å². The second kappa shape index (κ2) is 10.3. The van der Waals surface area contributed by atoms with Crippen molar-refractivity contribution in [3.05, 3.63) is 95.3 Å². The number of hydrogen-bond acceptors (Lipinski definition) is 3. The van der Waals surface area contributed by atoms with E-state index >= 15 is 0 Å². The molecule has 6 nitrogen and oxygen atoms in total. The number of aryl methyl sites for hydroxylation is 1. The number of amides is 3. The standard InChI is InChI=1S/C27H26FN3O3/c1-18-6-4-8-22(16-18)29-26(33)23-9-2-3-10-24(23)30-25(32)20-7-5-15-31(17-20)27(34)19-11-13-21(28)14-12-19/h2-4,6,8-14,16,20H,5,7,15,17H2,1H3,(H,29,33)(H,30,32). The minimum atomic E-state index is -0.411. The molecule has 0 radical (unpaired) electrons. The van der Waals surface area contributed by atoms with Gasteiger partial charge in [-0.15, -0.1) is 0 Å². The Morgan fingerprint density at radius 1 is 0.941 bits per heavy atom. The van der Waals surface area contributed by atoms with Crippen LogP contribution in [0.2, 0.25) is 0 Å². The average Bonchev–Trinajstić information content (AvgIpc) is 2.84. The zero-order valence-electron chi connectivity index (χ0n) is 18.9. The monoisotopic (exact) mass is 459 g/mol. The minimum Gasteiger partial charge on any atom is -0.338 e. The Bertz CT molecular complexity index is 1210. The molecule has 1 fully saturated rings. The van der Waals surface area contributed by atoms with Gasteiger partial charge in [0.15, 0.2) is 0 Å². The van der Waals surface area contributed by atoms with Gasteiger partial charge in [-0.3, -0.25) is 14.4 Å². The lowest BCUT2D eigenvalue weighted by atomic mass is 9.96. The van der Waals surface area contributed by atoms with Gasteiger partial charge in [-0.1, -0.05) is 24.3 Å². The molecule has 1 unspecified atom stereocenters. The van der Waals surface area contributed by atoms with Gasteiger partial charge in [0.25, 0.3) is 11.8 Å². The van der Waals surface area contributed by atoms with Crippen LogP contribution in [0.15, 0.2) is 72.8 Å². The van der Waals surface area contributed by atoms with Crippen molar-refractivity contribution >= 4 is 29.1 Å². The molecule has 3 aromatic rings. The molecule has 7 heteroatoms. The van der Waals surface area contributed by atoms with Crippen molar-refractivity contribution in [2.45, 2.75) is 19.8 Å². The second-order valence-corrected chi connectivity index (χ2v) is 8.46. The largest absolute Gasteiger partial charge is 0.338 e. The van der Waals surface area contributed by atoms with E-state index in [1.165, 1.54) is 24.3 Å². The predicted molar refractivity (Wildman–Crippen MR) is 129 cm³/mol. The molecule has 3 aromatic carbocycles. The van der Waals surface area contributed by atoms with E-state index in [1.807, 2.05) is 25.1 Å². The van der Waals surface area contributed by atoms with E-state index in [0.29, 0.717) is 41.9 Å². The van der Waals surface area contributed by atoms with Crippen LogP contribution in [0.4, 0.5) is 15.8 Å². The predicted octanol–water partition coefficient (Wildman–Crippen LogP) is 4.88. The molecule has 3 amide bonds. The number of likely N-dealkylation sites (tertiary alicyclic amines) is 1. The van der Waals surface area contributed by atoms with Crippen molar-refractivity contribution in [2.24, 2.45) is 5.92 Å². The molecule has 1 aliphatic rings. The second-order valence-electron chi connectivity index (χ2n) is 8.46. The molecule has 4 rings (SSSR count). The van der Waals surface area contributed by atoms with Gasteiger partial charge in [0, 0.05) is 24.3 Å². The molecule has 174 valence electrons. The van der Waals surface area contributed by atoms with E-state index < -0.39 is 11.7 Å². The molecule has 0 aliphatic carbocycles. The molecular formula is C27H26FN3O3. The fraction of sp³-hybridized carbons (Fsp3) is 0.222. The first-order valence-electron chi connectivity index (χ1n) is 11.2.